The molecule has 0 radical (unpaired) electrons. The highest BCUT2D eigenvalue weighted by atomic mass is 16.5. The SMILES string of the molecule is O=c1cc(-[n+]2ccc(N3CCOCC3)cc2)nc([O-])[nH]1. The number of hydrogen-bond acceptors (Lipinski definition) is 5. The lowest BCUT2D eigenvalue weighted by atomic mass is 10.3. The second-order valence-electron chi connectivity index (χ2n) is 4.47. The van der Waals surface area contributed by atoms with Crippen LogP contribution in [-0.2, 0) is 4.74 Å². The van der Waals surface area contributed by atoms with Gasteiger partial charge < -0.3 is 14.7 Å². The quantitative estimate of drug-likeness (QED) is 0.707. The van der Waals surface area contributed by atoms with Gasteiger partial charge in [0.1, 0.15) is 0 Å². The zero-order valence-corrected chi connectivity index (χ0v) is 10.8. The third kappa shape index (κ3) is 2.62. The number of pyridine rings is 1. The number of nitrogens with zero attached hydrogens (tertiary/aromatic N) is 3. The van der Waals surface area contributed by atoms with Crippen LogP contribution in [0.4, 0.5) is 5.69 Å². The van der Waals surface area contributed by atoms with E-state index in [1.54, 1.807) is 17.0 Å². The molecule has 1 saturated heterocycles. The fourth-order valence-corrected chi connectivity index (χ4v) is 2.16. The van der Waals surface area contributed by atoms with Gasteiger partial charge in [-0.05, 0) is 4.98 Å². The molecule has 1 fully saturated rings. The van der Waals surface area contributed by atoms with Gasteiger partial charge in [0.25, 0.3) is 5.56 Å². The highest BCUT2D eigenvalue weighted by Gasteiger charge is 2.13. The fourth-order valence-electron chi connectivity index (χ4n) is 2.16. The highest BCUT2D eigenvalue weighted by Crippen LogP contribution is 2.13. The molecule has 0 atom stereocenters. The van der Waals surface area contributed by atoms with Crippen molar-refractivity contribution < 1.29 is 14.4 Å². The molecule has 0 bridgehead atoms. The molecule has 3 heterocycles. The first-order valence-electron chi connectivity index (χ1n) is 6.35. The minimum absolute atomic E-state index is 0.312. The Hall–Kier alpha value is -2.41. The van der Waals surface area contributed by atoms with Crippen LogP contribution in [0.5, 0.6) is 6.01 Å². The predicted octanol–water partition coefficient (Wildman–Crippen LogP) is -1.04. The molecule has 0 saturated carbocycles. The van der Waals surface area contributed by atoms with E-state index in [9.17, 15) is 9.90 Å². The van der Waals surface area contributed by atoms with Gasteiger partial charge in [0.05, 0.1) is 31.7 Å². The van der Waals surface area contributed by atoms with Crippen molar-refractivity contribution in [3.63, 3.8) is 0 Å². The Labute approximate surface area is 115 Å². The fraction of sp³-hybridized carbons (Fsp3) is 0.308. The molecule has 2 aromatic rings. The maximum Gasteiger partial charge on any atom is 0.334 e. The minimum atomic E-state index is -0.641. The third-order valence-corrected chi connectivity index (χ3v) is 3.16. The number of morpholine rings is 1. The molecule has 7 heteroatoms. The van der Waals surface area contributed by atoms with Gasteiger partial charge in [0, 0.05) is 30.9 Å². The summed E-state index contributed by atoms with van der Waals surface area (Å²) in [6.45, 7) is 3.17. The molecule has 0 spiro atoms. The van der Waals surface area contributed by atoms with Gasteiger partial charge in [-0.25, -0.2) is 4.57 Å². The van der Waals surface area contributed by atoms with Crippen molar-refractivity contribution >= 4 is 5.69 Å². The van der Waals surface area contributed by atoms with Gasteiger partial charge in [-0.2, -0.15) is 0 Å². The van der Waals surface area contributed by atoms with Gasteiger partial charge in [-0.3, -0.25) is 9.78 Å². The minimum Gasteiger partial charge on any atom is -0.826 e. The van der Waals surface area contributed by atoms with E-state index < -0.39 is 11.6 Å². The summed E-state index contributed by atoms with van der Waals surface area (Å²) in [5.41, 5.74) is 0.626. The Kier molecular flexibility index (Phi) is 3.34. The number of H-pyrrole nitrogens is 1. The molecule has 0 unspecified atom stereocenters. The summed E-state index contributed by atoms with van der Waals surface area (Å²) in [4.78, 5) is 19.3. The van der Waals surface area contributed by atoms with E-state index in [0.717, 1.165) is 32.0 Å². The summed E-state index contributed by atoms with van der Waals surface area (Å²) in [5.74, 6) is 0.312. The second kappa shape index (κ2) is 5.30. The van der Waals surface area contributed by atoms with E-state index in [1.807, 2.05) is 12.1 Å². The zero-order chi connectivity index (χ0) is 13.9. The van der Waals surface area contributed by atoms with E-state index in [0.29, 0.717) is 5.82 Å². The van der Waals surface area contributed by atoms with E-state index >= 15 is 0 Å². The van der Waals surface area contributed by atoms with Gasteiger partial charge in [-0.1, -0.05) is 0 Å². The van der Waals surface area contributed by atoms with Crippen LogP contribution in [0.3, 0.4) is 0 Å². The molecular weight excluding hydrogens is 260 g/mol. The molecule has 20 heavy (non-hydrogen) atoms. The lowest BCUT2D eigenvalue weighted by Crippen LogP contribution is -2.38. The average molecular weight is 274 g/mol. The van der Waals surface area contributed by atoms with E-state index in [1.165, 1.54) is 6.07 Å². The number of anilines is 1. The topological polar surface area (TPSA) is 85.2 Å². The summed E-state index contributed by atoms with van der Waals surface area (Å²) in [5, 5.41) is 11.2. The number of hydrogen-bond donors (Lipinski definition) is 1. The van der Waals surface area contributed by atoms with Crippen LogP contribution in [0, 0.1) is 0 Å². The summed E-state index contributed by atoms with van der Waals surface area (Å²) < 4.78 is 6.95. The first-order valence-corrected chi connectivity index (χ1v) is 6.35. The lowest BCUT2D eigenvalue weighted by molar-refractivity contribution is -0.600. The summed E-state index contributed by atoms with van der Waals surface area (Å²) in [7, 11) is 0. The third-order valence-electron chi connectivity index (χ3n) is 3.16. The van der Waals surface area contributed by atoms with E-state index in [2.05, 4.69) is 14.9 Å². The lowest BCUT2D eigenvalue weighted by Gasteiger charge is -2.28. The summed E-state index contributed by atoms with van der Waals surface area (Å²) in [6, 6.07) is 4.50. The smallest absolute Gasteiger partial charge is 0.334 e. The number of rotatable bonds is 2. The summed E-state index contributed by atoms with van der Waals surface area (Å²) in [6.07, 6.45) is 3.57. The molecule has 1 aliphatic rings. The number of nitrogens with one attached hydrogen (secondary N) is 1. The number of aromatic nitrogens is 3. The molecule has 0 aromatic carbocycles. The molecule has 2 aromatic heterocycles. The molecule has 0 aliphatic carbocycles. The van der Waals surface area contributed by atoms with Crippen LogP contribution < -0.4 is 20.1 Å². The Morgan fingerprint density at radius 1 is 1.30 bits per heavy atom. The largest absolute Gasteiger partial charge is 0.826 e. The molecule has 1 N–H and O–H groups in total. The Balaban J connectivity index is 1.86. The Bertz CT molecular complexity index is 647. The van der Waals surface area contributed by atoms with Gasteiger partial charge in [-0.15, -0.1) is 0 Å². The monoisotopic (exact) mass is 274 g/mol. The van der Waals surface area contributed by atoms with E-state index in [4.69, 9.17) is 4.74 Å². The maximum absolute atomic E-state index is 11.3. The summed E-state index contributed by atoms with van der Waals surface area (Å²) >= 11 is 0. The van der Waals surface area contributed by atoms with Crippen LogP contribution in [0.25, 0.3) is 5.82 Å². The molecule has 104 valence electrons. The zero-order valence-electron chi connectivity index (χ0n) is 10.8. The van der Waals surface area contributed by atoms with Crippen LogP contribution in [0.15, 0.2) is 35.4 Å². The van der Waals surface area contributed by atoms with Gasteiger partial charge in [0.2, 0.25) is 0 Å². The number of aromatic amines is 1. The van der Waals surface area contributed by atoms with Crippen molar-refractivity contribution in [2.24, 2.45) is 0 Å². The van der Waals surface area contributed by atoms with Crippen molar-refractivity contribution in [1.29, 1.82) is 0 Å². The van der Waals surface area contributed by atoms with Crippen molar-refractivity contribution in [2.75, 3.05) is 31.2 Å². The predicted molar refractivity (Wildman–Crippen MR) is 68.9 cm³/mol. The van der Waals surface area contributed by atoms with Crippen LogP contribution in [0.1, 0.15) is 0 Å². The highest BCUT2D eigenvalue weighted by molar-refractivity contribution is 5.44. The van der Waals surface area contributed by atoms with Crippen molar-refractivity contribution in [1.82, 2.24) is 9.97 Å². The standard InChI is InChI=1S/C13H14N4O3/c18-12-9-11(14-13(19)15-12)17-3-1-10(2-4-17)16-5-7-20-8-6-16/h1-4,9H,5-8H2,(H-,14,15,18,19). The number of ether oxygens (including phenoxy) is 1. The van der Waals surface area contributed by atoms with Crippen LogP contribution >= 0.6 is 0 Å². The maximum atomic E-state index is 11.3. The first kappa shape index (κ1) is 12.6. The Morgan fingerprint density at radius 2 is 2.00 bits per heavy atom. The van der Waals surface area contributed by atoms with Crippen molar-refractivity contribution in [3.8, 4) is 11.8 Å². The van der Waals surface area contributed by atoms with Crippen molar-refractivity contribution in [3.05, 3.63) is 40.9 Å². The molecule has 0 amide bonds. The van der Waals surface area contributed by atoms with Crippen molar-refractivity contribution in [2.45, 2.75) is 0 Å². The first-order chi connectivity index (χ1) is 9.72. The molecule has 3 rings (SSSR count). The normalized spacial score (nSPS) is 15.3. The van der Waals surface area contributed by atoms with Crippen LogP contribution in [0.2, 0.25) is 0 Å². The van der Waals surface area contributed by atoms with Gasteiger partial charge in [0.15, 0.2) is 6.01 Å². The molecular formula is C13H14N4O3. The van der Waals surface area contributed by atoms with Crippen LogP contribution in [-0.4, -0.2) is 36.3 Å². The van der Waals surface area contributed by atoms with Gasteiger partial charge >= 0.3 is 5.82 Å². The average Bonchev–Trinajstić information content (AvgIpc) is 2.47. The second-order valence-corrected chi connectivity index (χ2v) is 4.47. The molecule has 1 aliphatic heterocycles. The molecule has 7 nitrogen and oxygen atoms in total. The Morgan fingerprint density at radius 3 is 2.65 bits per heavy atom. The van der Waals surface area contributed by atoms with E-state index in [-0.39, 0.29) is 0 Å².